The number of carbonyl (C=O) groups is 2. The van der Waals surface area contributed by atoms with Crippen molar-refractivity contribution >= 4 is 17.8 Å². The van der Waals surface area contributed by atoms with Crippen molar-refractivity contribution in [2.24, 2.45) is 0 Å². The highest BCUT2D eigenvalue weighted by molar-refractivity contribution is 5.94. The van der Waals surface area contributed by atoms with Crippen molar-refractivity contribution in [1.29, 1.82) is 0 Å². The van der Waals surface area contributed by atoms with Gasteiger partial charge in [-0.25, -0.2) is 9.78 Å². The number of nitrogens with one attached hydrogen (secondary N) is 1. The molecule has 0 radical (unpaired) electrons. The van der Waals surface area contributed by atoms with Crippen LogP contribution in [-0.2, 0) is 11.3 Å². The lowest BCUT2D eigenvalue weighted by atomic mass is 10.2. The van der Waals surface area contributed by atoms with Crippen LogP contribution in [0.3, 0.4) is 0 Å². The van der Waals surface area contributed by atoms with E-state index in [1.54, 1.807) is 24.1 Å². The van der Waals surface area contributed by atoms with Crippen molar-refractivity contribution in [2.45, 2.75) is 13.5 Å². The molecule has 0 unspecified atom stereocenters. The summed E-state index contributed by atoms with van der Waals surface area (Å²) >= 11 is 0. The Morgan fingerprint density at radius 1 is 1.07 bits per heavy atom. The number of rotatable bonds is 5. The second-order valence-corrected chi connectivity index (χ2v) is 6.25. The Morgan fingerprint density at radius 2 is 1.81 bits per heavy atom. The number of amides is 2. The molecule has 0 saturated carbocycles. The number of piperazine rings is 1. The van der Waals surface area contributed by atoms with Crippen LogP contribution in [0.2, 0.25) is 0 Å². The molecule has 2 amide bonds. The van der Waals surface area contributed by atoms with Crippen LogP contribution >= 0.6 is 0 Å². The smallest absolute Gasteiger partial charge is 0.409 e. The lowest BCUT2D eigenvalue weighted by molar-refractivity contribution is 0.0949. The minimum Gasteiger partial charge on any atom is -0.450 e. The van der Waals surface area contributed by atoms with Crippen molar-refractivity contribution in [3.8, 4) is 0 Å². The predicted octanol–water partition coefficient (Wildman–Crippen LogP) is 2.29. The molecule has 1 aliphatic rings. The molecule has 7 heteroatoms. The van der Waals surface area contributed by atoms with E-state index in [1.165, 1.54) is 0 Å². The molecular formula is C20H24N4O3. The van der Waals surface area contributed by atoms with Crippen molar-refractivity contribution in [3.63, 3.8) is 0 Å². The van der Waals surface area contributed by atoms with Gasteiger partial charge in [0.05, 0.1) is 12.2 Å². The van der Waals surface area contributed by atoms with Crippen molar-refractivity contribution < 1.29 is 14.3 Å². The van der Waals surface area contributed by atoms with E-state index in [1.807, 2.05) is 36.4 Å². The molecule has 1 aliphatic heterocycles. The summed E-state index contributed by atoms with van der Waals surface area (Å²) in [5, 5.41) is 2.89. The van der Waals surface area contributed by atoms with Crippen LogP contribution in [-0.4, -0.2) is 54.7 Å². The Hall–Kier alpha value is -3.09. The van der Waals surface area contributed by atoms with Crippen LogP contribution < -0.4 is 10.2 Å². The lowest BCUT2D eigenvalue weighted by Gasteiger charge is -2.34. The number of hydrogen-bond acceptors (Lipinski definition) is 5. The van der Waals surface area contributed by atoms with Crippen LogP contribution in [0, 0.1) is 0 Å². The van der Waals surface area contributed by atoms with Crippen LogP contribution in [0.5, 0.6) is 0 Å². The molecule has 1 aromatic carbocycles. The summed E-state index contributed by atoms with van der Waals surface area (Å²) in [6.45, 7) is 5.23. The molecule has 2 heterocycles. The monoisotopic (exact) mass is 368 g/mol. The van der Waals surface area contributed by atoms with Gasteiger partial charge in [0, 0.05) is 38.9 Å². The standard InChI is InChI=1S/C20H24N4O3/c1-2-27-20(26)24-12-10-23(11-13-24)18-9-8-17(15-21-18)19(25)22-14-16-6-4-3-5-7-16/h3-9,15H,2,10-14H2,1H3,(H,22,25). The number of ether oxygens (including phenoxy) is 1. The topological polar surface area (TPSA) is 74.8 Å². The lowest BCUT2D eigenvalue weighted by Crippen LogP contribution is -2.49. The predicted molar refractivity (Wildman–Crippen MR) is 103 cm³/mol. The first-order valence-corrected chi connectivity index (χ1v) is 9.12. The third kappa shape index (κ3) is 4.97. The van der Waals surface area contributed by atoms with E-state index < -0.39 is 0 Å². The Morgan fingerprint density at radius 3 is 2.44 bits per heavy atom. The molecule has 0 aliphatic carbocycles. The Labute approximate surface area is 158 Å². The molecule has 7 nitrogen and oxygen atoms in total. The largest absolute Gasteiger partial charge is 0.450 e. The fraction of sp³-hybridized carbons (Fsp3) is 0.350. The van der Waals surface area contributed by atoms with Crippen molar-refractivity contribution in [2.75, 3.05) is 37.7 Å². The Kier molecular flexibility index (Phi) is 6.25. The molecule has 1 fully saturated rings. The van der Waals surface area contributed by atoms with Gasteiger partial charge in [0.15, 0.2) is 0 Å². The number of pyridine rings is 1. The quantitative estimate of drug-likeness (QED) is 0.876. The number of nitrogens with zero attached hydrogens (tertiary/aromatic N) is 3. The molecule has 0 bridgehead atoms. The molecular weight excluding hydrogens is 344 g/mol. The summed E-state index contributed by atoms with van der Waals surface area (Å²) in [5.74, 6) is 0.656. The molecule has 0 spiro atoms. The van der Waals surface area contributed by atoms with Gasteiger partial charge in [-0.1, -0.05) is 30.3 Å². The zero-order valence-corrected chi connectivity index (χ0v) is 15.4. The van der Waals surface area contributed by atoms with Gasteiger partial charge in [0.1, 0.15) is 5.82 Å². The third-order valence-corrected chi connectivity index (χ3v) is 4.44. The molecule has 1 N–H and O–H groups in total. The minimum absolute atomic E-state index is 0.148. The Balaban J connectivity index is 1.51. The summed E-state index contributed by atoms with van der Waals surface area (Å²) in [5.41, 5.74) is 1.58. The first-order valence-electron chi connectivity index (χ1n) is 9.12. The summed E-state index contributed by atoms with van der Waals surface area (Å²) in [6, 6.07) is 13.4. The van der Waals surface area contributed by atoms with Crippen molar-refractivity contribution in [3.05, 3.63) is 59.8 Å². The van der Waals surface area contributed by atoms with Gasteiger partial charge >= 0.3 is 6.09 Å². The van der Waals surface area contributed by atoms with Crippen LogP contribution in [0.1, 0.15) is 22.8 Å². The van der Waals surface area contributed by atoms with E-state index >= 15 is 0 Å². The molecule has 1 aromatic heterocycles. The van der Waals surface area contributed by atoms with Crippen LogP contribution in [0.25, 0.3) is 0 Å². The maximum absolute atomic E-state index is 12.3. The summed E-state index contributed by atoms with van der Waals surface area (Å²) < 4.78 is 5.03. The molecule has 3 rings (SSSR count). The van der Waals surface area contributed by atoms with Gasteiger partial charge in [-0.2, -0.15) is 0 Å². The normalized spacial score (nSPS) is 14.0. The van der Waals surface area contributed by atoms with E-state index in [9.17, 15) is 9.59 Å². The van der Waals surface area contributed by atoms with E-state index in [-0.39, 0.29) is 12.0 Å². The highest BCUT2D eigenvalue weighted by Gasteiger charge is 2.22. The fourth-order valence-electron chi connectivity index (χ4n) is 2.92. The molecule has 1 saturated heterocycles. The zero-order chi connectivity index (χ0) is 19.1. The number of aromatic nitrogens is 1. The maximum atomic E-state index is 12.3. The highest BCUT2D eigenvalue weighted by atomic mass is 16.6. The van der Waals surface area contributed by atoms with Gasteiger partial charge in [-0.05, 0) is 24.6 Å². The zero-order valence-electron chi connectivity index (χ0n) is 15.4. The maximum Gasteiger partial charge on any atom is 0.409 e. The Bertz CT molecular complexity index is 757. The van der Waals surface area contributed by atoms with Crippen molar-refractivity contribution in [1.82, 2.24) is 15.2 Å². The van der Waals surface area contributed by atoms with Gasteiger partial charge in [-0.15, -0.1) is 0 Å². The number of carbonyl (C=O) groups excluding carboxylic acids is 2. The molecule has 2 aromatic rings. The average Bonchev–Trinajstić information content (AvgIpc) is 2.73. The van der Waals surface area contributed by atoms with E-state index in [0.717, 1.165) is 11.4 Å². The average molecular weight is 368 g/mol. The first kappa shape index (κ1) is 18.7. The molecule has 27 heavy (non-hydrogen) atoms. The number of anilines is 1. The van der Waals surface area contributed by atoms with E-state index in [0.29, 0.717) is 44.9 Å². The van der Waals surface area contributed by atoms with Crippen LogP contribution in [0.15, 0.2) is 48.7 Å². The summed E-state index contributed by atoms with van der Waals surface area (Å²) in [7, 11) is 0. The summed E-state index contributed by atoms with van der Waals surface area (Å²) in [6.07, 6.45) is 1.32. The highest BCUT2D eigenvalue weighted by Crippen LogP contribution is 2.15. The molecule has 0 atom stereocenters. The SMILES string of the molecule is CCOC(=O)N1CCN(c2ccc(C(=O)NCc3ccccc3)cn2)CC1. The minimum atomic E-state index is -0.268. The molecule has 142 valence electrons. The van der Waals surface area contributed by atoms with E-state index in [2.05, 4.69) is 15.2 Å². The second kappa shape index (κ2) is 9.02. The second-order valence-electron chi connectivity index (χ2n) is 6.25. The van der Waals surface area contributed by atoms with Gasteiger partial charge < -0.3 is 19.9 Å². The summed E-state index contributed by atoms with van der Waals surface area (Å²) in [4.78, 5) is 32.2. The number of benzene rings is 1. The van der Waals surface area contributed by atoms with Gasteiger partial charge in [0.2, 0.25) is 0 Å². The van der Waals surface area contributed by atoms with E-state index in [4.69, 9.17) is 4.74 Å². The van der Waals surface area contributed by atoms with Crippen LogP contribution in [0.4, 0.5) is 10.6 Å². The fourth-order valence-corrected chi connectivity index (χ4v) is 2.92. The first-order chi connectivity index (χ1) is 13.2. The van der Waals surface area contributed by atoms with Gasteiger partial charge in [-0.3, -0.25) is 4.79 Å². The van der Waals surface area contributed by atoms with Gasteiger partial charge in [0.25, 0.3) is 5.91 Å². The number of hydrogen-bond donors (Lipinski definition) is 1. The third-order valence-electron chi connectivity index (χ3n) is 4.44.